The van der Waals surface area contributed by atoms with E-state index in [-0.39, 0.29) is 29.0 Å². The SMILES string of the molecule is CC(c1ccccc1F)N(C(=O)c1ccc(-n2ccnc2)c([N+](=O)[O-])c1)C1CC1. The van der Waals surface area contributed by atoms with Gasteiger partial charge in [0.25, 0.3) is 11.6 Å². The van der Waals surface area contributed by atoms with Crippen LogP contribution in [-0.2, 0) is 0 Å². The Morgan fingerprint density at radius 3 is 2.69 bits per heavy atom. The van der Waals surface area contributed by atoms with Crippen molar-refractivity contribution in [2.24, 2.45) is 0 Å². The first kappa shape index (κ1) is 18.8. The number of hydrogen-bond donors (Lipinski definition) is 0. The number of nitrogens with zero attached hydrogens (tertiary/aromatic N) is 4. The summed E-state index contributed by atoms with van der Waals surface area (Å²) in [6.45, 7) is 1.78. The maximum Gasteiger partial charge on any atom is 0.294 e. The molecular weight excluding hydrogens is 375 g/mol. The van der Waals surface area contributed by atoms with Crippen LogP contribution < -0.4 is 0 Å². The molecule has 8 heteroatoms. The summed E-state index contributed by atoms with van der Waals surface area (Å²) < 4.78 is 15.8. The highest BCUT2D eigenvalue weighted by molar-refractivity contribution is 5.96. The van der Waals surface area contributed by atoms with Crippen molar-refractivity contribution in [2.45, 2.75) is 31.8 Å². The summed E-state index contributed by atoms with van der Waals surface area (Å²) in [5.41, 5.74) is 0.764. The fourth-order valence-corrected chi connectivity index (χ4v) is 3.55. The second kappa shape index (κ2) is 7.46. The van der Waals surface area contributed by atoms with E-state index in [0.717, 1.165) is 12.8 Å². The molecule has 4 rings (SSSR count). The molecule has 148 valence electrons. The van der Waals surface area contributed by atoms with E-state index >= 15 is 0 Å². The first-order chi connectivity index (χ1) is 14.0. The van der Waals surface area contributed by atoms with Crippen LogP contribution in [0.4, 0.5) is 10.1 Å². The Bertz CT molecular complexity index is 1060. The van der Waals surface area contributed by atoms with Crippen molar-refractivity contribution in [2.75, 3.05) is 0 Å². The third-order valence-electron chi connectivity index (χ3n) is 5.15. The van der Waals surface area contributed by atoms with Gasteiger partial charge in [-0.2, -0.15) is 0 Å². The van der Waals surface area contributed by atoms with E-state index in [2.05, 4.69) is 4.98 Å². The number of benzene rings is 2. The first-order valence-electron chi connectivity index (χ1n) is 9.31. The third-order valence-corrected chi connectivity index (χ3v) is 5.15. The third kappa shape index (κ3) is 3.61. The van der Waals surface area contributed by atoms with Gasteiger partial charge in [-0.3, -0.25) is 14.9 Å². The van der Waals surface area contributed by atoms with Gasteiger partial charge in [0.2, 0.25) is 0 Å². The normalized spacial score (nSPS) is 14.4. The van der Waals surface area contributed by atoms with Crippen LogP contribution in [0.2, 0.25) is 0 Å². The Balaban J connectivity index is 1.71. The molecule has 1 atom stereocenters. The molecule has 3 aromatic rings. The van der Waals surface area contributed by atoms with Gasteiger partial charge in [0.15, 0.2) is 0 Å². The molecule has 1 fully saturated rings. The Labute approximate surface area is 166 Å². The van der Waals surface area contributed by atoms with Crippen molar-refractivity contribution < 1.29 is 14.1 Å². The van der Waals surface area contributed by atoms with E-state index in [0.29, 0.717) is 11.3 Å². The van der Waals surface area contributed by atoms with Crippen LogP contribution in [0.1, 0.15) is 41.7 Å². The molecule has 0 spiro atoms. The van der Waals surface area contributed by atoms with Crippen LogP contribution in [-0.4, -0.2) is 31.3 Å². The zero-order valence-electron chi connectivity index (χ0n) is 15.7. The minimum absolute atomic E-state index is 0.00416. The first-order valence-corrected chi connectivity index (χ1v) is 9.31. The number of hydrogen-bond acceptors (Lipinski definition) is 4. The minimum Gasteiger partial charge on any atom is -0.329 e. The molecule has 0 saturated heterocycles. The summed E-state index contributed by atoms with van der Waals surface area (Å²) >= 11 is 0. The number of rotatable bonds is 6. The average Bonchev–Trinajstić information content (AvgIpc) is 3.39. The van der Waals surface area contributed by atoms with Crippen LogP contribution in [0.3, 0.4) is 0 Å². The molecule has 1 aliphatic rings. The van der Waals surface area contributed by atoms with Crippen molar-refractivity contribution in [1.29, 1.82) is 0 Å². The van der Waals surface area contributed by atoms with E-state index in [1.807, 2.05) is 0 Å². The summed E-state index contributed by atoms with van der Waals surface area (Å²) in [5, 5.41) is 11.6. The molecule has 1 unspecified atom stereocenters. The van der Waals surface area contributed by atoms with Crippen molar-refractivity contribution in [3.8, 4) is 5.69 Å². The Morgan fingerprint density at radius 2 is 2.07 bits per heavy atom. The van der Waals surface area contributed by atoms with Gasteiger partial charge in [0.1, 0.15) is 11.5 Å². The van der Waals surface area contributed by atoms with Crippen molar-refractivity contribution in [3.05, 3.63) is 88.2 Å². The van der Waals surface area contributed by atoms with Crippen molar-refractivity contribution >= 4 is 11.6 Å². The lowest BCUT2D eigenvalue weighted by molar-refractivity contribution is -0.384. The maximum atomic E-state index is 14.3. The number of aromatic nitrogens is 2. The van der Waals surface area contributed by atoms with Crippen LogP contribution in [0, 0.1) is 15.9 Å². The molecule has 1 amide bonds. The quantitative estimate of drug-likeness (QED) is 0.461. The van der Waals surface area contributed by atoms with Crippen LogP contribution in [0.5, 0.6) is 0 Å². The molecule has 0 aliphatic heterocycles. The summed E-state index contributed by atoms with van der Waals surface area (Å²) in [7, 11) is 0. The Kier molecular flexibility index (Phi) is 4.84. The lowest BCUT2D eigenvalue weighted by Gasteiger charge is -2.30. The number of carbonyl (C=O) groups is 1. The number of nitro benzene ring substituents is 1. The van der Waals surface area contributed by atoms with Gasteiger partial charge in [0, 0.05) is 35.6 Å². The molecule has 1 saturated carbocycles. The molecular formula is C21H19FN4O3. The van der Waals surface area contributed by atoms with Gasteiger partial charge in [-0.25, -0.2) is 9.37 Å². The standard InChI is InChI=1S/C21H19FN4O3/c1-14(17-4-2-3-5-18(17)22)25(16-7-8-16)21(27)15-6-9-19(20(12-15)26(28)29)24-11-10-23-13-24/h2-6,9-14,16H,7-8H2,1H3. The van der Waals surface area contributed by atoms with Crippen LogP contribution in [0.25, 0.3) is 5.69 Å². The molecule has 0 bridgehead atoms. The smallest absolute Gasteiger partial charge is 0.294 e. The predicted octanol–water partition coefficient (Wildman–Crippen LogP) is 4.29. The van der Waals surface area contributed by atoms with Crippen molar-refractivity contribution in [1.82, 2.24) is 14.5 Å². The molecule has 29 heavy (non-hydrogen) atoms. The van der Waals surface area contributed by atoms with E-state index in [1.54, 1.807) is 42.3 Å². The molecule has 0 radical (unpaired) electrons. The maximum absolute atomic E-state index is 14.3. The topological polar surface area (TPSA) is 81.3 Å². The zero-order valence-corrected chi connectivity index (χ0v) is 15.7. The van der Waals surface area contributed by atoms with E-state index in [1.165, 1.54) is 35.3 Å². The van der Waals surface area contributed by atoms with Crippen molar-refractivity contribution in [3.63, 3.8) is 0 Å². The number of imidazole rings is 1. The highest BCUT2D eigenvalue weighted by Crippen LogP contribution is 2.37. The molecule has 7 nitrogen and oxygen atoms in total. The molecule has 0 N–H and O–H groups in total. The zero-order chi connectivity index (χ0) is 20.5. The fraction of sp³-hybridized carbons (Fsp3) is 0.238. The van der Waals surface area contributed by atoms with E-state index < -0.39 is 11.0 Å². The monoisotopic (exact) mass is 394 g/mol. The van der Waals surface area contributed by atoms with Gasteiger partial charge < -0.3 is 9.47 Å². The minimum atomic E-state index is -0.520. The second-order valence-corrected chi connectivity index (χ2v) is 7.07. The number of nitro groups is 1. The highest BCUT2D eigenvalue weighted by atomic mass is 19.1. The van der Waals surface area contributed by atoms with Crippen LogP contribution >= 0.6 is 0 Å². The molecule has 1 heterocycles. The van der Waals surface area contributed by atoms with E-state index in [4.69, 9.17) is 0 Å². The Hall–Kier alpha value is -3.55. The predicted molar refractivity (Wildman–Crippen MR) is 104 cm³/mol. The van der Waals surface area contributed by atoms with Gasteiger partial charge in [-0.15, -0.1) is 0 Å². The molecule has 1 aromatic heterocycles. The van der Waals surface area contributed by atoms with Gasteiger partial charge >= 0.3 is 0 Å². The van der Waals surface area contributed by atoms with Gasteiger partial charge in [-0.1, -0.05) is 18.2 Å². The average molecular weight is 394 g/mol. The highest BCUT2D eigenvalue weighted by Gasteiger charge is 2.38. The largest absolute Gasteiger partial charge is 0.329 e. The lowest BCUT2D eigenvalue weighted by Crippen LogP contribution is -2.36. The van der Waals surface area contributed by atoms with E-state index in [9.17, 15) is 19.3 Å². The number of carbonyl (C=O) groups excluding carboxylic acids is 1. The summed E-state index contributed by atoms with van der Waals surface area (Å²) in [6.07, 6.45) is 6.24. The molecule has 2 aromatic carbocycles. The summed E-state index contributed by atoms with van der Waals surface area (Å²) in [5.74, 6) is -0.719. The number of amides is 1. The molecule has 1 aliphatic carbocycles. The van der Waals surface area contributed by atoms with Gasteiger partial charge in [0.05, 0.1) is 17.3 Å². The second-order valence-electron chi connectivity index (χ2n) is 7.07. The lowest BCUT2D eigenvalue weighted by atomic mass is 10.0. The van der Waals surface area contributed by atoms with Gasteiger partial charge in [-0.05, 0) is 38.0 Å². The fourth-order valence-electron chi connectivity index (χ4n) is 3.55. The summed E-state index contributed by atoms with van der Waals surface area (Å²) in [4.78, 5) is 29.9. The van der Waals surface area contributed by atoms with Crippen LogP contribution in [0.15, 0.2) is 61.2 Å². The number of halogens is 1. The summed E-state index contributed by atoms with van der Waals surface area (Å²) in [6, 6.07) is 10.3. The Morgan fingerprint density at radius 1 is 1.31 bits per heavy atom.